The number of allylic oxidation sites excluding steroid dienone is 6. The Kier molecular flexibility index (Phi) is 4.46. The van der Waals surface area contributed by atoms with E-state index in [0.29, 0.717) is 25.3 Å². The molecule has 0 bridgehead atoms. The fourth-order valence-electron chi connectivity index (χ4n) is 3.84. The minimum Gasteiger partial charge on any atom is -0.480 e. The van der Waals surface area contributed by atoms with Crippen molar-refractivity contribution in [3.05, 3.63) is 35.5 Å². The van der Waals surface area contributed by atoms with Gasteiger partial charge in [0.1, 0.15) is 6.04 Å². The van der Waals surface area contributed by atoms with Crippen LogP contribution in [0.1, 0.15) is 44.9 Å². The highest BCUT2D eigenvalue weighted by Gasteiger charge is 2.35. The van der Waals surface area contributed by atoms with Gasteiger partial charge in [-0.3, -0.25) is 4.79 Å². The Labute approximate surface area is 131 Å². The second-order valence-corrected chi connectivity index (χ2v) is 6.52. The number of nitrogens with zero attached hydrogens (tertiary/aromatic N) is 1. The molecule has 1 amide bonds. The van der Waals surface area contributed by atoms with Crippen molar-refractivity contribution in [2.75, 3.05) is 6.54 Å². The van der Waals surface area contributed by atoms with Gasteiger partial charge in [-0.2, -0.15) is 0 Å². The van der Waals surface area contributed by atoms with Crippen LogP contribution in [0.15, 0.2) is 35.5 Å². The van der Waals surface area contributed by atoms with Crippen LogP contribution < -0.4 is 0 Å². The average molecular weight is 301 g/mol. The van der Waals surface area contributed by atoms with Crippen molar-refractivity contribution in [1.29, 1.82) is 0 Å². The quantitative estimate of drug-likeness (QED) is 0.871. The Morgan fingerprint density at radius 2 is 2.14 bits per heavy atom. The summed E-state index contributed by atoms with van der Waals surface area (Å²) in [5, 5.41) is 9.21. The molecule has 4 nitrogen and oxygen atoms in total. The van der Waals surface area contributed by atoms with Crippen LogP contribution in [0.3, 0.4) is 0 Å². The Balaban J connectivity index is 1.61. The summed E-state index contributed by atoms with van der Waals surface area (Å²) in [4.78, 5) is 25.3. The molecule has 0 radical (unpaired) electrons. The molecule has 1 N–H and O–H groups in total. The van der Waals surface area contributed by atoms with E-state index in [1.54, 1.807) is 4.90 Å². The zero-order chi connectivity index (χ0) is 15.5. The van der Waals surface area contributed by atoms with Crippen LogP contribution in [-0.2, 0) is 9.59 Å². The number of carboxylic acid groups (broad SMARTS) is 1. The van der Waals surface area contributed by atoms with Gasteiger partial charge in [-0.1, -0.05) is 29.9 Å². The number of carbonyl (C=O) groups excluding carboxylic acids is 1. The van der Waals surface area contributed by atoms with E-state index in [4.69, 9.17) is 0 Å². The predicted molar refractivity (Wildman–Crippen MR) is 84.3 cm³/mol. The third kappa shape index (κ3) is 3.16. The number of amides is 1. The molecule has 1 unspecified atom stereocenters. The van der Waals surface area contributed by atoms with Gasteiger partial charge in [0.25, 0.3) is 0 Å². The Hall–Kier alpha value is -1.84. The van der Waals surface area contributed by atoms with Crippen LogP contribution in [0.5, 0.6) is 0 Å². The van der Waals surface area contributed by atoms with E-state index < -0.39 is 12.0 Å². The van der Waals surface area contributed by atoms with Crippen molar-refractivity contribution in [1.82, 2.24) is 4.90 Å². The number of aliphatic carboxylic acids is 1. The third-order valence-corrected chi connectivity index (χ3v) is 5.05. The maximum absolute atomic E-state index is 12.5. The van der Waals surface area contributed by atoms with Gasteiger partial charge in [0.2, 0.25) is 5.91 Å². The van der Waals surface area contributed by atoms with Crippen molar-refractivity contribution in [3.63, 3.8) is 0 Å². The van der Waals surface area contributed by atoms with E-state index in [-0.39, 0.29) is 5.91 Å². The zero-order valence-corrected chi connectivity index (χ0v) is 12.8. The number of hydrogen-bond acceptors (Lipinski definition) is 2. The highest BCUT2D eigenvalue weighted by atomic mass is 16.4. The van der Waals surface area contributed by atoms with Crippen molar-refractivity contribution in [3.8, 4) is 0 Å². The van der Waals surface area contributed by atoms with Crippen LogP contribution in [0.2, 0.25) is 0 Å². The molecule has 3 rings (SSSR count). The summed E-state index contributed by atoms with van der Waals surface area (Å²) in [6, 6.07) is -0.604. The van der Waals surface area contributed by atoms with Crippen molar-refractivity contribution < 1.29 is 14.7 Å². The molecule has 0 aromatic rings. The van der Waals surface area contributed by atoms with Crippen molar-refractivity contribution in [2.45, 2.75) is 51.0 Å². The molecule has 2 aliphatic carbocycles. The summed E-state index contributed by atoms with van der Waals surface area (Å²) in [7, 11) is 0. The highest BCUT2D eigenvalue weighted by molar-refractivity contribution is 5.84. The molecule has 0 spiro atoms. The summed E-state index contributed by atoms with van der Waals surface area (Å²) >= 11 is 0. The van der Waals surface area contributed by atoms with Crippen molar-refractivity contribution in [2.24, 2.45) is 5.92 Å². The van der Waals surface area contributed by atoms with Crippen LogP contribution in [0, 0.1) is 5.92 Å². The molecule has 4 heteroatoms. The normalized spacial score (nSPS) is 27.7. The fourth-order valence-corrected chi connectivity index (χ4v) is 3.84. The molecule has 3 aliphatic rings. The maximum Gasteiger partial charge on any atom is 0.326 e. The van der Waals surface area contributed by atoms with Crippen LogP contribution in [-0.4, -0.2) is 34.5 Å². The van der Waals surface area contributed by atoms with E-state index in [2.05, 4.69) is 24.3 Å². The van der Waals surface area contributed by atoms with Gasteiger partial charge in [-0.25, -0.2) is 4.79 Å². The lowest BCUT2D eigenvalue weighted by molar-refractivity contribution is -0.148. The fraction of sp³-hybridized carbons (Fsp3) is 0.556. The molecule has 1 saturated heterocycles. The second kappa shape index (κ2) is 6.51. The predicted octanol–water partition coefficient (Wildman–Crippen LogP) is 3.06. The highest BCUT2D eigenvalue weighted by Crippen LogP contribution is 2.35. The van der Waals surface area contributed by atoms with Gasteiger partial charge in [0.15, 0.2) is 0 Å². The van der Waals surface area contributed by atoms with Crippen LogP contribution in [0.4, 0.5) is 0 Å². The zero-order valence-electron chi connectivity index (χ0n) is 12.8. The standard InChI is InChI=1S/C18H23NO3/c20-17(19-10-4-7-16(19)18(21)22)12-13-8-9-14-5-2-1-3-6-15(14)11-13/h1-3,6,13,16H,4-5,7-12H2,(H,21,22)/t13?,16-/m0/s1. The second-order valence-electron chi connectivity index (χ2n) is 6.52. The number of likely N-dealkylation sites (tertiary alicyclic amines) is 1. The monoisotopic (exact) mass is 301 g/mol. The van der Waals surface area contributed by atoms with Gasteiger partial charge in [-0.05, 0) is 50.0 Å². The summed E-state index contributed by atoms with van der Waals surface area (Å²) in [5.74, 6) is -0.490. The summed E-state index contributed by atoms with van der Waals surface area (Å²) < 4.78 is 0. The number of carbonyl (C=O) groups is 2. The largest absolute Gasteiger partial charge is 0.480 e. The molecule has 1 aliphatic heterocycles. The third-order valence-electron chi connectivity index (χ3n) is 5.05. The molecule has 118 valence electrons. The summed E-state index contributed by atoms with van der Waals surface area (Å²) in [6.45, 7) is 0.598. The van der Waals surface area contributed by atoms with E-state index in [1.807, 2.05) is 0 Å². The van der Waals surface area contributed by atoms with E-state index >= 15 is 0 Å². The topological polar surface area (TPSA) is 57.6 Å². The van der Waals surface area contributed by atoms with Gasteiger partial charge in [0.05, 0.1) is 0 Å². The SMILES string of the molecule is O=C(O)[C@@H]1CCCN1C(=O)CC1CCC2=C(C=CC=CC2)C1. The van der Waals surface area contributed by atoms with Gasteiger partial charge >= 0.3 is 5.97 Å². The first-order chi connectivity index (χ1) is 10.6. The molecular weight excluding hydrogens is 278 g/mol. The molecule has 0 aromatic heterocycles. The Morgan fingerprint density at radius 3 is 2.95 bits per heavy atom. The first kappa shape index (κ1) is 15.1. The first-order valence-electron chi connectivity index (χ1n) is 8.21. The van der Waals surface area contributed by atoms with E-state index in [1.165, 1.54) is 11.1 Å². The van der Waals surface area contributed by atoms with Gasteiger partial charge in [0, 0.05) is 13.0 Å². The van der Waals surface area contributed by atoms with Crippen LogP contribution >= 0.6 is 0 Å². The maximum atomic E-state index is 12.5. The average Bonchev–Trinajstić information content (AvgIpc) is 2.88. The van der Waals surface area contributed by atoms with E-state index in [0.717, 1.165) is 32.1 Å². The molecule has 0 saturated carbocycles. The first-order valence-corrected chi connectivity index (χ1v) is 8.21. The molecule has 0 aromatic carbocycles. The number of rotatable bonds is 3. The van der Waals surface area contributed by atoms with Crippen molar-refractivity contribution >= 4 is 11.9 Å². The minimum absolute atomic E-state index is 0.0228. The summed E-state index contributed by atoms with van der Waals surface area (Å²) in [5.41, 5.74) is 2.88. The molecule has 1 heterocycles. The van der Waals surface area contributed by atoms with Crippen LogP contribution in [0.25, 0.3) is 0 Å². The number of carboxylic acids is 1. The molecule has 2 atom stereocenters. The molecule has 22 heavy (non-hydrogen) atoms. The number of hydrogen-bond donors (Lipinski definition) is 1. The van der Waals surface area contributed by atoms with E-state index in [9.17, 15) is 14.7 Å². The molecular formula is C18H23NO3. The Morgan fingerprint density at radius 1 is 1.27 bits per heavy atom. The summed E-state index contributed by atoms with van der Waals surface area (Å²) in [6.07, 6.45) is 14.5. The lowest BCUT2D eigenvalue weighted by Crippen LogP contribution is -2.41. The molecule has 1 fully saturated rings. The van der Waals surface area contributed by atoms with Gasteiger partial charge < -0.3 is 10.0 Å². The Bertz CT molecular complexity index is 559. The minimum atomic E-state index is -0.864. The lowest BCUT2D eigenvalue weighted by atomic mass is 9.81. The smallest absolute Gasteiger partial charge is 0.326 e. The lowest BCUT2D eigenvalue weighted by Gasteiger charge is -2.28. The van der Waals surface area contributed by atoms with Gasteiger partial charge in [-0.15, -0.1) is 0 Å².